The Hall–Kier alpha value is -3.94. The van der Waals surface area contributed by atoms with E-state index in [1.54, 1.807) is 38.1 Å². The second kappa shape index (κ2) is 15.1. The van der Waals surface area contributed by atoms with Crippen LogP contribution in [0, 0.1) is 11.3 Å². The number of benzene rings is 2. The molecule has 10 nitrogen and oxygen atoms in total. The zero-order valence-electron chi connectivity index (χ0n) is 20.6. The molecule has 2 aromatic rings. The molecule has 36 heavy (non-hydrogen) atoms. The van der Waals surface area contributed by atoms with Crippen LogP contribution in [0.4, 0.5) is 0 Å². The van der Waals surface area contributed by atoms with Crippen molar-refractivity contribution >= 4 is 17.7 Å². The molecular weight excluding hydrogens is 462 g/mol. The number of aliphatic hydroxyl groups excluding tert-OH is 1. The number of nitrogens with one attached hydrogen (secondary N) is 3. The molecule has 10 heteroatoms. The average Bonchev–Trinajstić information content (AvgIpc) is 2.89. The lowest BCUT2D eigenvalue weighted by molar-refractivity contribution is -0.133. The van der Waals surface area contributed by atoms with Crippen molar-refractivity contribution in [3.05, 3.63) is 65.7 Å². The summed E-state index contributed by atoms with van der Waals surface area (Å²) in [6.45, 7) is 3.70. The summed E-state index contributed by atoms with van der Waals surface area (Å²) in [6.07, 6.45) is -0.635. The smallest absolute Gasteiger partial charge is 0.258 e. The molecular formula is C26H33N5O5. The predicted octanol–water partition coefficient (Wildman–Crippen LogP) is 0.905. The van der Waals surface area contributed by atoms with Gasteiger partial charge in [-0.15, -0.1) is 0 Å². The molecule has 0 spiro atoms. The van der Waals surface area contributed by atoms with Gasteiger partial charge in [0.1, 0.15) is 30.6 Å². The SMILES string of the molecule is CCC(=O)NC(CNC(=O)Cc1ccccc1)C(=O)NN(CC)CC(O)COc1ccccc1C#N. The van der Waals surface area contributed by atoms with Crippen molar-refractivity contribution in [3.63, 3.8) is 0 Å². The Bertz CT molecular complexity index is 1040. The van der Waals surface area contributed by atoms with Gasteiger partial charge in [-0.2, -0.15) is 5.26 Å². The van der Waals surface area contributed by atoms with Gasteiger partial charge in [-0.3, -0.25) is 19.8 Å². The summed E-state index contributed by atoms with van der Waals surface area (Å²) in [4.78, 5) is 37.2. The van der Waals surface area contributed by atoms with Crippen LogP contribution >= 0.6 is 0 Å². The number of hydrogen-bond donors (Lipinski definition) is 4. The van der Waals surface area contributed by atoms with E-state index >= 15 is 0 Å². The molecule has 2 atom stereocenters. The molecule has 0 heterocycles. The topological polar surface area (TPSA) is 144 Å². The molecule has 3 amide bonds. The first-order chi connectivity index (χ1) is 17.4. The van der Waals surface area contributed by atoms with Crippen LogP contribution in [0.5, 0.6) is 5.75 Å². The number of carbonyl (C=O) groups is 3. The first kappa shape index (κ1) is 28.3. The Balaban J connectivity index is 1.91. The van der Waals surface area contributed by atoms with Crippen molar-refractivity contribution in [2.75, 3.05) is 26.2 Å². The van der Waals surface area contributed by atoms with E-state index in [0.29, 0.717) is 17.9 Å². The van der Waals surface area contributed by atoms with E-state index in [0.717, 1.165) is 5.56 Å². The first-order valence-electron chi connectivity index (χ1n) is 11.8. The highest BCUT2D eigenvalue weighted by molar-refractivity contribution is 5.88. The van der Waals surface area contributed by atoms with Gasteiger partial charge in [0.2, 0.25) is 11.8 Å². The standard InChI is InChI=1S/C26H33N5O5/c1-3-24(33)29-22(16-28-25(34)14-19-10-6-5-7-11-19)26(35)30-31(4-2)17-21(32)18-36-23-13-9-8-12-20(23)15-27/h5-13,21-22,32H,3-4,14,16-18H2,1-2H3,(H,28,34)(H,29,33)(H,30,35). The number of aliphatic hydroxyl groups is 1. The molecule has 0 radical (unpaired) electrons. The van der Waals surface area contributed by atoms with Gasteiger partial charge in [0.25, 0.3) is 5.91 Å². The fourth-order valence-electron chi connectivity index (χ4n) is 3.23. The van der Waals surface area contributed by atoms with Gasteiger partial charge in [0, 0.05) is 26.1 Å². The molecule has 0 aliphatic heterocycles. The Morgan fingerprint density at radius 2 is 1.75 bits per heavy atom. The highest BCUT2D eigenvalue weighted by Crippen LogP contribution is 2.16. The Kier molecular flexibility index (Phi) is 11.9. The largest absolute Gasteiger partial charge is 0.489 e. The lowest BCUT2D eigenvalue weighted by Crippen LogP contribution is -2.57. The molecule has 0 fully saturated rings. The molecule has 2 rings (SSSR count). The highest BCUT2D eigenvalue weighted by atomic mass is 16.5. The molecule has 192 valence electrons. The summed E-state index contributed by atoms with van der Waals surface area (Å²) >= 11 is 0. The maximum atomic E-state index is 12.9. The maximum Gasteiger partial charge on any atom is 0.258 e. The molecule has 4 N–H and O–H groups in total. The Morgan fingerprint density at radius 1 is 1.06 bits per heavy atom. The number of hydrogen-bond acceptors (Lipinski definition) is 7. The average molecular weight is 496 g/mol. The normalized spacial score (nSPS) is 12.2. The second-order valence-corrected chi connectivity index (χ2v) is 8.03. The quantitative estimate of drug-likeness (QED) is 0.285. The van der Waals surface area contributed by atoms with Crippen LogP contribution in [0.1, 0.15) is 31.4 Å². The van der Waals surface area contributed by atoms with Crippen molar-refractivity contribution in [1.29, 1.82) is 5.26 Å². The van der Waals surface area contributed by atoms with Gasteiger partial charge < -0.3 is 20.5 Å². The highest BCUT2D eigenvalue weighted by Gasteiger charge is 2.23. The molecule has 0 bridgehead atoms. The zero-order valence-corrected chi connectivity index (χ0v) is 20.6. The third-order valence-corrected chi connectivity index (χ3v) is 5.20. The third kappa shape index (κ3) is 9.74. The third-order valence-electron chi connectivity index (χ3n) is 5.20. The van der Waals surface area contributed by atoms with E-state index < -0.39 is 18.1 Å². The van der Waals surface area contributed by atoms with Crippen LogP contribution in [0.15, 0.2) is 54.6 Å². The minimum absolute atomic E-state index is 0.0474. The van der Waals surface area contributed by atoms with Crippen LogP contribution in [0.3, 0.4) is 0 Å². The first-order valence-corrected chi connectivity index (χ1v) is 11.8. The van der Waals surface area contributed by atoms with Crippen LogP contribution in [-0.2, 0) is 20.8 Å². The molecule has 0 aliphatic rings. The Morgan fingerprint density at radius 3 is 2.42 bits per heavy atom. The van der Waals surface area contributed by atoms with E-state index in [1.807, 2.05) is 36.4 Å². The van der Waals surface area contributed by atoms with E-state index in [4.69, 9.17) is 10.00 Å². The zero-order chi connectivity index (χ0) is 26.3. The van der Waals surface area contributed by atoms with Gasteiger partial charge in [-0.1, -0.05) is 56.3 Å². The number of para-hydroxylation sites is 1. The molecule has 2 unspecified atom stereocenters. The van der Waals surface area contributed by atoms with E-state index in [2.05, 4.69) is 16.1 Å². The lowest BCUT2D eigenvalue weighted by Gasteiger charge is -2.27. The summed E-state index contributed by atoms with van der Waals surface area (Å²) in [5, 5.41) is 26.3. The fraction of sp³-hybridized carbons (Fsp3) is 0.385. The van der Waals surface area contributed by atoms with Crippen LogP contribution in [0.25, 0.3) is 0 Å². The van der Waals surface area contributed by atoms with Gasteiger partial charge in [0.05, 0.1) is 12.0 Å². The number of ether oxygens (including phenoxy) is 1. The van der Waals surface area contributed by atoms with E-state index in [-0.39, 0.29) is 44.4 Å². The maximum absolute atomic E-state index is 12.9. The summed E-state index contributed by atoms with van der Waals surface area (Å²) < 4.78 is 5.55. The van der Waals surface area contributed by atoms with Gasteiger partial charge in [0.15, 0.2) is 0 Å². The van der Waals surface area contributed by atoms with Crippen molar-refractivity contribution in [2.24, 2.45) is 0 Å². The van der Waals surface area contributed by atoms with Crippen LogP contribution < -0.4 is 20.8 Å². The van der Waals surface area contributed by atoms with E-state index in [1.165, 1.54) is 5.01 Å². The van der Waals surface area contributed by atoms with Crippen molar-refractivity contribution in [1.82, 2.24) is 21.1 Å². The molecule has 0 aliphatic carbocycles. The molecule has 2 aromatic carbocycles. The van der Waals surface area contributed by atoms with Gasteiger partial charge >= 0.3 is 0 Å². The van der Waals surface area contributed by atoms with Crippen molar-refractivity contribution in [3.8, 4) is 11.8 Å². The van der Waals surface area contributed by atoms with Gasteiger partial charge in [-0.25, -0.2) is 5.01 Å². The minimum Gasteiger partial charge on any atom is -0.489 e. The lowest BCUT2D eigenvalue weighted by atomic mass is 10.1. The number of nitriles is 1. The summed E-state index contributed by atoms with van der Waals surface area (Å²) in [7, 11) is 0. The van der Waals surface area contributed by atoms with Crippen LogP contribution in [-0.4, -0.2) is 66.2 Å². The number of carbonyl (C=O) groups excluding carboxylic acids is 3. The number of amides is 3. The fourth-order valence-corrected chi connectivity index (χ4v) is 3.23. The summed E-state index contributed by atoms with van der Waals surface area (Å²) in [6, 6.07) is 16.9. The van der Waals surface area contributed by atoms with Crippen LogP contribution in [0.2, 0.25) is 0 Å². The van der Waals surface area contributed by atoms with Gasteiger partial charge in [-0.05, 0) is 17.7 Å². The molecule has 0 saturated heterocycles. The minimum atomic E-state index is -0.998. The van der Waals surface area contributed by atoms with E-state index in [9.17, 15) is 19.5 Å². The Labute approximate surface area is 211 Å². The van der Waals surface area contributed by atoms with Crippen molar-refractivity contribution in [2.45, 2.75) is 38.8 Å². The second-order valence-electron chi connectivity index (χ2n) is 8.03. The summed E-state index contributed by atoms with van der Waals surface area (Å²) in [5.74, 6) is -0.774. The molecule has 0 aromatic heterocycles. The number of likely N-dealkylation sites (N-methyl/N-ethyl adjacent to an activating group) is 1. The predicted molar refractivity (Wildman–Crippen MR) is 133 cm³/mol. The number of rotatable bonds is 14. The number of nitrogens with zero attached hydrogens (tertiary/aromatic N) is 2. The van der Waals surface area contributed by atoms with Crippen molar-refractivity contribution < 1.29 is 24.2 Å². The monoisotopic (exact) mass is 495 g/mol. The molecule has 0 saturated carbocycles. The summed E-state index contributed by atoms with van der Waals surface area (Å²) in [5.41, 5.74) is 3.87. The number of hydrazine groups is 1.